The summed E-state index contributed by atoms with van der Waals surface area (Å²) in [5.74, 6) is 0.629. The Balaban J connectivity index is 1.90. The third-order valence-corrected chi connectivity index (χ3v) is 6.54. The van der Waals surface area contributed by atoms with Gasteiger partial charge in [0.05, 0.1) is 0 Å². The molecule has 2 unspecified atom stereocenters. The molecule has 0 saturated carbocycles. The molecule has 9 nitrogen and oxygen atoms in total. The van der Waals surface area contributed by atoms with Crippen LogP contribution in [0.3, 0.4) is 0 Å². The first kappa shape index (κ1) is 20.8. The Hall–Kier alpha value is -2.43. The summed E-state index contributed by atoms with van der Waals surface area (Å²) in [7, 11) is 3.66. The molecular formula is C20H29N7O2S. The van der Waals surface area contributed by atoms with Gasteiger partial charge in [0, 0.05) is 51.3 Å². The molecule has 2 aliphatic rings. The van der Waals surface area contributed by atoms with E-state index in [9.17, 15) is 9.59 Å². The summed E-state index contributed by atoms with van der Waals surface area (Å²) in [4.78, 5) is 37.4. The molecule has 1 fully saturated rings. The van der Waals surface area contributed by atoms with Crippen LogP contribution >= 0.6 is 11.3 Å². The average Bonchev–Trinajstić information content (AvgIpc) is 3.31. The van der Waals surface area contributed by atoms with Crippen molar-refractivity contribution in [3.63, 3.8) is 0 Å². The Morgan fingerprint density at radius 2 is 2.10 bits per heavy atom. The SMILES string of the molecule is CC(C)=CCN1c2c(n(C)c(=O)n(-c3nccs3)c2=O)N(C)C1N1CCCC(N)C1. The molecule has 2 aliphatic heterocycles. The van der Waals surface area contributed by atoms with Crippen molar-refractivity contribution in [2.75, 3.05) is 36.5 Å². The van der Waals surface area contributed by atoms with E-state index in [0.717, 1.165) is 25.9 Å². The zero-order chi connectivity index (χ0) is 21.6. The van der Waals surface area contributed by atoms with Gasteiger partial charge in [0.1, 0.15) is 11.5 Å². The van der Waals surface area contributed by atoms with Gasteiger partial charge in [-0.05, 0) is 26.7 Å². The summed E-state index contributed by atoms with van der Waals surface area (Å²) in [6.07, 6.45) is 5.55. The monoisotopic (exact) mass is 431 g/mol. The maximum absolute atomic E-state index is 13.6. The highest BCUT2D eigenvalue weighted by molar-refractivity contribution is 7.12. The van der Waals surface area contributed by atoms with Crippen LogP contribution < -0.4 is 26.8 Å². The largest absolute Gasteiger partial charge is 0.338 e. The Kier molecular flexibility index (Phi) is 5.56. The third-order valence-electron chi connectivity index (χ3n) is 5.78. The highest BCUT2D eigenvalue weighted by Gasteiger charge is 2.43. The molecule has 2 N–H and O–H groups in total. The van der Waals surface area contributed by atoms with Crippen LogP contribution in [0, 0.1) is 0 Å². The predicted octanol–water partition coefficient (Wildman–Crippen LogP) is 0.922. The van der Waals surface area contributed by atoms with E-state index in [-0.39, 0.29) is 17.9 Å². The molecule has 4 rings (SSSR count). The number of hydrogen-bond acceptors (Lipinski definition) is 8. The molecule has 0 spiro atoms. The number of allylic oxidation sites excluding steroid dienone is 1. The number of aromatic nitrogens is 3. The van der Waals surface area contributed by atoms with Crippen molar-refractivity contribution in [3.05, 3.63) is 44.1 Å². The lowest BCUT2D eigenvalue weighted by atomic mass is 10.1. The molecule has 2 aromatic heterocycles. The maximum atomic E-state index is 13.6. The lowest BCUT2D eigenvalue weighted by molar-refractivity contribution is 0.149. The summed E-state index contributed by atoms with van der Waals surface area (Å²) < 4.78 is 2.73. The zero-order valence-electron chi connectivity index (χ0n) is 17.9. The minimum Gasteiger partial charge on any atom is -0.327 e. The first-order valence-electron chi connectivity index (χ1n) is 10.2. The van der Waals surface area contributed by atoms with Crippen LogP contribution in [0.4, 0.5) is 11.5 Å². The van der Waals surface area contributed by atoms with E-state index in [1.807, 2.05) is 25.8 Å². The van der Waals surface area contributed by atoms with Crippen LogP contribution in [-0.4, -0.2) is 58.0 Å². The van der Waals surface area contributed by atoms with Gasteiger partial charge in [-0.1, -0.05) is 11.6 Å². The summed E-state index contributed by atoms with van der Waals surface area (Å²) in [5.41, 5.74) is 7.24. The van der Waals surface area contributed by atoms with E-state index in [0.29, 0.717) is 23.2 Å². The normalized spacial score (nSPS) is 21.8. The van der Waals surface area contributed by atoms with E-state index < -0.39 is 5.69 Å². The van der Waals surface area contributed by atoms with Crippen molar-refractivity contribution in [2.24, 2.45) is 12.8 Å². The second-order valence-electron chi connectivity index (χ2n) is 8.26. The molecule has 2 atom stereocenters. The van der Waals surface area contributed by atoms with Crippen molar-refractivity contribution < 1.29 is 0 Å². The molecule has 1 saturated heterocycles. The molecular weight excluding hydrogens is 402 g/mol. The van der Waals surface area contributed by atoms with Crippen molar-refractivity contribution in [1.29, 1.82) is 0 Å². The van der Waals surface area contributed by atoms with Crippen LogP contribution in [0.25, 0.3) is 5.13 Å². The zero-order valence-corrected chi connectivity index (χ0v) is 18.7. The second kappa shape index (κ2) is 8.01. The van der Waals surface area contributed by atoms with Gasteiger partial charge in [-0.15, -0.1) is 11.3 Å². The number of anilines is 2. The van der Waals surface area contributed by atoms with Gasteiger partial charge < -0.3 is 15.5 Å². The van der Waals surface area contributed by atoms with E-state index in [1.54, 1.807) is 23.2 Å². The Labute approximate surface area is 179 Å². The molecule has 0 radical (unpaired) electrons. The maximum Gasteiger partial charge on any atom is 0.338 e. The Morgan fingerprint density at radius 1 is 1.33 bits per heavy atom. The molecule has 30 heavy (non-hydrogen) atoms. The first-order chi connectivity index (χ1) is 14.3. The van der Waals surface area contributed by atoms with Crippen molar-refractivity contribution in [3.8, 4) is 5.13 Å². The molecule has 0 amide bonds. The molecule has 0 bridgehead atoms. The van der Waals surface area contributed by atoms with Crippen LogP contribution in [-0.2, 0) is 7.05 Å². The Bertz CT molecular complexity index is 1070. The average molecular weight is 432 g/mol. The standard InChI is InChI=1S/C20H29N7O2S/c1-13(2)7-10-26-15-16(23(3)19(26)25-9-5-6-14(21)12-25)24(4)20(29)27(17(15)28)18-22-8-11-30-18/h7-8,11,14,19H,5-6,9-10,12,21H2,1-4H3. The smallest absolute Gasteiger partial charge is 0.327 e. The fourth-order valence-corrected chi connectivity index (χ4v) is 5.06. The minimum absolute atomic E-state index is 0.108. The first-order valence-corrected chi connectivity index (χ1v) is 11.1. The summed E-state index contributed by atoms with van der Waals surface area (Å²) in [5, 5.41) is 2.15. The van der Waals surface area contributed by atoms with Gasteiger partial charge in [-0.2, -0.15) is 4.57 Å². The lowest BCUT2D eigenvalue weighted by Crippen LogP contribution is -2.59. The molecule has 4 heterocycles. The number of thiazole rings is 1. The van der Waals surface area contributed by atoms with E-state index >= 15 is 0 Å². The predicted molar refractivity (Wildman–Crippen MR) is 121 cm³/mol. The van der Waals surface area contributed by atoms with Crippen molar-refractivity contribution in [1.82, 2.24) is 19.0 Å². The molecule has 10 heteroatoms. The highest BCUT2D eigenvalue weighted by atomic mass is 32.1. The molecule has 162 valence electrons. The van der Waals surface area contributed by atoms with Crippen LogP contribution in [0.1, 0.15) is 26.7 Å². The number of nitrogens with zero attached hydrogens (tertiary/aromatic N) is 6. The number of piperidine rings is 1. The van der Waals surface area contributed by atoms with Crippen LogP contribution in [0.5, 0.6) is 0 Å². The summed E-state index contributed by atoms with van der Waals surface area (Å²) in [6.45, 7) is 6.31. The minimum atomic E-state index is -0.390. The van der Waals surface area contributed by atoms with E-state index in [2.05, 4.69) is 20.9 Å². The van der Waals surface area contributed by atoms with Crippen molar-refractivity contribution in [2.45, 2.75) is 39.0 Å². The van der Waals surface area contributed by atoms with Gasteiger partial charge in [-0.3, -0.25) is 14.3 Å². The highest BCUT2D eigenvalue weighted by Crippen LogP contribution is 2.37. The van der Waals surface area contributed by atoms with Crippen LogP contribution in [0.15, 0.2) is 32.8 Å². The van der Waals surface area contributed by atoms with Crippen molar-refractivity contribution >= 4 is 22.8 Å². The number of nitrogens with two attached hydrogens (primary N) is 1. The number of fused-ring (bicyclic) bond motifs is 1. The van der Waals surface area contributed by atoms with Gasteiger partial charge in [0.25, 0.3) is 5.56 Å². The van der Waals surface area contributed by atoms with Gasteiger partial charge in [0.15, 0.2) is 6.29 Å². The number of likely N-dealkylation sites (tertiary alicyclic amines) is 1. The lowest BCUT2D eigenvalue weighted by Gasteiger charge is -2.42. The molecule has 2 aromatic rings. The van der Waals surface area contributed by atoms with Crippen LogP contribution in [0.2, 0.25) is 0 Å². The molecule has 0 aromatic carbocycles. The fraction of sp³-hybridized carbons (Fsp3) is 0.550. The number of rotatable bonds is 4. The number of hydrogen-bond donors (Lipinski definition) is 1. The quantitative estimate of drug-likeness (QED) is 0.720. The topological polar surface area (TPSA) is 92.6 Å². The van der Waals surface area contributed by atoms with Gasteiger partial charge in [-0.25, -0.2) is 9.78 Å². The summed E-state index contributed by atoms with van der Waals surface area (Å²) in [6, 6.07) is 0.108. The fourth-order valence-electron chi connectivity index (χ4n) is 4.43. The third kappa shape index (κ3) is 3.38. The molecule has 0 aliphatic carbocycles. The van der Waals surface area contributed by atoms with Gasteiger partial charge in [0.2, 0.25) is 5.13 Å². The second-order valence-corrected chi connectivity index (χ2v) is 9.13. The summed E-state index contributed by atoms with van der Waals surface area (Å²) >= 11 is 1.28. The van der Waals surface area contributed by atoms with Gasteiger partial charge >= 0.3 is 5.69 Å². The van der Waals surface area contributed by atoms with E-state index in [4.69, 9.17) is 5.73 Å². The van der Waals surface area contributed by atoms with E-state index in [1.165, 1.54) is 21.5 Å². The Morgan fingerprint density at radius 3 is 2.73 bits per heavy atom.